The second-order valence-corrected chi connectivity index (χ2v) is 11.4. The number of benzene rings is 1. The second kappa shape index (κ2) is 14.6. The Balaban J connectivity index is 1.52. The third-order valence-corrected chi connectivity index (χ3v) is 8.86. The molecule has 0 radical (unpaired) electrons. The van der Waals surface area contributed by atoms with Gasteiger partial charge in [-0.05, 0) is 24.3 Å². The smallest absolute Gasteiger partial charge is 0.229 e. The van der Waals surface area contributed by atoms with Gasteiger partial charge in [0.1, 0.15) is 78.0 Å². The van der Waals surface area contributed by atoms with E-state index in [0.29, 0.717) is 17.5 Å². The fraction of sp³-hybridized carbons (Fsp3) is 0.760. The lowest BCUT2D eigenvalue weighted by molar-refractivity contribution is -0.330. The maximum absolute atomic E-state index is 11.0. The second-order valence-electron chi connectivity index (χ2n) is 10.1. The standard InChI is InChI=1S/C25H38O16S/c1-36-9-2-4-10(5-3-9)37-23-19(34)17(32)21(13(8-28)39-23)41-24-22(18(33)15(30)11(6-26)38-24)42-25-20(35)16(31)14(29)12(7-27)40-25/h2-5,11-35H,6-8H2,1H3/t11-,12-,13-,14-,15-,16+,17-,18+,19+,20+,21-,22+,23+,24-,25-/m1/s1. The van der Waals surface area contributed by atoms with Gasteiger partial charge < -0.3 is 79.5 Å². The molecular formula is C25H38O16S. The summed E-state index contributed by atoms with van der Waals surface area (Å²) < 4.78 is 33.5. The average molecular weight is 627 g/mol. The summed E-state index contributed by atoms with van der Waals surface area (Å²) in [4.78, 5) is 0. The summed E-state index contributed by atoms with van der Waals surface area (Å²) in [6, 6.07) is 6.27. The highest BCUT2D eigenvalue weighted by atomic mass is 32.2. The van der Waals surface area contributed by atoms with Gasteiger partial charge in [-0.1, -0.05) is 0 Å². The molecule has 240 valence electrons. The lowest BCUT2D eigenvalue weighted by atomic mass is 9.98. The number of hydrogen-bond acceptors (Lipinski definition) is 17. The zero-order valence-corrected chi connectivity index (χ0v) is 23.2. The first-order valence-corrected chi connectivity index (χ1v) is 14.2. The third kappa shape index (κ3) is 6.96. The van der Waals surface area contributed by atoms with Gasteiger partial charge in [0.2, 0.25) is 6.29 Å². The molecule has 1 aromatic rings. The van der Waals surface area contributed by atoms with Crippen molar-refractivity contribution in [1.29, 1.82) is 0 Å². The van der Waals surface area contributed by atoms with Gasteiger partial charge in [-0.2, -0.15) is 0 Å². The Bertz CT molecular complexity index is 970. The zero-order chi connectivity index (χ0) is 30.7. The lowest BCUT2D eigenvalue weighted by Crippen LogP contribution is -2.65. The van der Waals surface area contributed by atoms with Crippen molar-refractivity contribution in [3.8, 4) is 11.5 Å². The number of aliphatic hydroxyl groups is 10. The molecule has 3 heterocycles. The van der Waals surface area contributed by atoms with E-state index in [1.165, 1.54) is 19.2 Å². The topological polar surface area (TPSA) is 258 Å². The molecule has 0 amide bonds. The van der Waals surface area contributed by atoms with E-state index in [-0.39, 0.29) is 5.75 Å². The van der Waals surface area contributed by atoms with Gasteiger partial charge in [0.15, 0.2) is 6.29 Å². The van der Waals surface area contributed by atoms with Crippen molar-refractivity contribution in [2.75, 3.05) is 26.9 Å². The SMILES string of the molecule is COc1ccc(O[C@H]2O[C@H](CO)[C@@H](O[C@H]3O[C@H](CO)[C@@H](O)[C@H](O)[C@@H]3S[C@H]3O[C@H](CO)[C@@H](O)[C@H](O)[C@@H]3O)[C@H](O)[C@@H]2O)cc1. The van der Waals surface area contributed by atoms with E-state index >= 15 is 0 Å². The number of hydrogen-bond donors (Lipinski definition) is 10. The van der Waals surface area contributed by atoms with Crippen LogP contribution in [0.5, 0.6) is 11.5 Å². The Hall–Kier alpha value is -1.39. The molecule has 0 aliphatic carbocycles. The van der Waals surface area contributed by atoms with Crippen molar-refractivity contribution in [1.82, 2.24) is 0 Å². The van der Waals surface area contributed by atoms with Crippen LogP contribution in [0.15, 0.2) is 24.3 Å². The van der Waals surface area contributed by atoms with Crippen LogP contribution in [0, 0.1) is 0 Å². The number of thioether (sulfide) groups is 1. The lowest BCUT2D eigenvalue weighted by Gasteiger charge is -2.48. The molecule has 3 fully saturated rings. The van der Waals surface area contributed by atoms with Crippen LogP contribution in [0.3, 0.4) is 0 Å². The Morgan fingerprint density at radius 3 is 1.76 bits per heavy atom. The van der Waals surface area contributed by atoms with Crippen LogP contribution in [0.25, 0.3) is 0 Å². The summed E-state index contributed by atoms with van der Waals surface area (Å²) in [5.41, 5.74) is -1.37. The van der Waals surface area contributed by atoms with Crippen molar-refractivity contribution >= 4 is 11.8 Å². The molecule has 16 nitrogen and oxygen atoms in total. The molecular weight excluding hydrogens is 588 g/mol. The van der Waals surface area contributed by atoms with E-state index in [2.05, 4.69) is 0 Å². The minimum Gasteiger partial charge on any atom is -0.497 e. The quantitative estimate of drug-likeness (QED) is 0.117. The van der Waals surface area contributed by atoms with Crippen LogP contribution >= 0.6 is 11.8 Å². The van der Waals surface area contributed by atoms with E-state index < -0.39 is 110 Å². The van der Waals surface area contributed by atoms with Gasteiger partial charge in [-0.15, -0.1) is 11.8 Å². The molecule has 3 aliphatic heterocycles. The Kier molecular flexibility index (Phi) is 11.6. The molecule has 10 N–H and O–H groups in total. The summed E-state index contributed by atoms with van der Waals surface area (Å²) in [6.45, 7) is -2.17. The maximum Gasteiger partial charge on any atom is 0.229 e. The number of ether oxygens (including phenoxy) is 6. The fourth-order valence-electron chi connectivity index (χ4n) is 4.91. The van der Waals surface area contributed by atoms with Crippen molar-refractivity contribution in [3.63, 3.8) is 0 Å². The summed E-state index contributed by atoms with van der Waals surface area (Å²) in [7, 11) is 1.48. The zero-order valence-electron chi connectivity index (χ0n) is 22.4. The largest absolute Gasteiger partial charge is 0.497 e. The van der Waals surface area contributed by atoms with E-state index in [0.717, 1.165) is 0 Å². The Morgan fingerprint density at radius 1 is 0.619 bits per heavy atom. The summed E-state index contributed by atoms with van der Waals surface area (Å²) in [6.07, 6.45) is -20.3. The van der Waals surface area contributed by atoms with E-state index in [1.54, 1.807) is 12.1 Å². The Labute approximate surface area is 244 Å². The molecule has 17 heteroatoms. The average Bonchev–Trinajstić information content (AvgIpc) is 3.00. The number of methoxy groups -OCH3 is 1. The van der Waals surface area contributed by atoms with E-state index in [9.17, 15) is 51.1 Å². The predicted octanol–water partition coefficient (Wildman–Crippen LogP) is -4.76. The first-order chi connectivity index (χ1) is 20.0. The van der Waals surface area contributed by atoms with Crippen molar-refractivity contribution in [3.05, 3.63) is 24.3 Å². The molecule has 0 spiro atoms. The normalized spacial score (nSPS) is 44.5. The highest BCUT2D eigenvalue weighted by molar-refractivity contribution is 8.00. The minimum absolute atomic E-state index is 0.262. The van der Waals surface area contributed by atoms with Crippen LogP contribution in [0.1, 0.15) is 0 Å². The fourth-order valence-corrected chi connectivity index (χ4v) is 6.32. The first-order valence-electron chi connectivity index (χ1n) is 13.2. The van der Waals surface area contributed by atoms with Gasteiger partial charge in [0, 0.05) is 0 Å². The third-order valence-electron chi connectivity index (χ3n) is 7.39. The van der Waals surface area contributed by atoms with Crippen LogP contribution in [-0.2, 0) is 18.9 Å². The van der Waals surface area contributed by atoms with Crippen molar-refractivity contribution in [2.45, 2.75) is 90.4 Å². The van der Waals surface area contributed by atoms with Gasteiger partial charge >= 0.3 is 0 Å². The summed E-state index contributed by atoms with van der Waals surface area (Å²) >= 11 is 0.633. The molecule has 0 unspecified atom stereocenters. The number of rotatable bonds is 10. The molecule has 0 bridgehead atoms. The first kappa shape index (κ1) is 33.5. The molecule has 3 aliphatic rings. The molecule has 42 heavy (non-hydrogen) atoms. The van der Waals surface area contributed by atoms with E-state index in [4.69, 9.17) is 28.4 Å². The number of aliphatic hydroxyl groups excluding tert-OH is 10. The van der Waals surface area contributed by atoms with Crippen molar-refractivity contribution < 1.29 is 79.5 Å². The van der Waals surface area contributed by atoms with Gasteiger partial charge in [0.05, 0.1) is 38.3 Å². The van der Waals surface area contributed by atoms with Crippen LogP contribution in [-0.4, -0.2) is 168 Å². The molecule has 15 atom stereocenters. The predicted molar refractivity (Wildman–Crippen MR) is 139 cm³/mol. The summed E-state index contributed by atoms with van der Waals surface area (Å²) in [5, 5.41) is 102. The van der Waals surface area contributed by atoms with Crippen LogP contribution in [0.2, 0.25) is 0 Å². The minimum atomic E-state index is -1.74. The molecule has 0 saturated carbocycles. The van der Waals surface area contributed by atoms with E-state index in [1.807, 2.05) is 0 Å². The Morgan fingerprint density at radius 2 is 1.17 bits per heavy atom. The highest BCUT2D eigenvalue weighted by Crippen LogP contribution is 2.39. The molecule has 0 aromatic heterocycles. The van der Waals surface area contributed by atoms with Gasteiger partial charge in [-0.25, -0.2) is 0 Å². The van der Waals surface area contributed by atoms with Crippen LogP contribution in [0.4, 0.5) is 0 Å². The van der Waals surface area contributed by atoms with Crippen molar-refractivity contribution in [2.24, 2.45) is 0 Å². The maximum atomic E-state index is 11.0. The van der Waals surface area contributed by atoms with Gasteiger partial charge in [-0.3, -0.25) is 0 Å². The highest BCUT2D eigenvalue weighted by Gasteiger charge is 2.53. The molecule has 1 aromatic carbocycles. The monoisotopic (exact) mass is 626 g/mol. The molecule has 4 rings (SSSR count). The van der Waals surface area contributed by atoms with Gasteiger partial charge in [0.25, 0.3) is 0 Å². The summed E-state index contributed by atoms with van der Waals surface area (Å²) in [5.74, 6) is 0.809. The molecule has 3 saturated heterocycles. The van der Waals surface area contributed by atoms with Crippen LogP contribution < -0.4 is 9.47 Å².